The molecule has 0 spiro atoms. The molecule has 6 nitrogen and oxygen atoms in total. The number of rotatable bonds is 8. The van der Waals surface area contributed by atoms with Crippen LogP contribution in [0.15, 0.2) is 17.5 Å². The number of hydrogen-bond acceptors (Lipinski definition) is 6. The quantitative estimate of drug-likeness (QED) is 0.770. The van der Waals surface area contributed by atoms with Crippen molar-refractivity contribution in [2.24, 2.45) is 0 Å². The van der Waals surface area contributed by atoms with Crippen LogP contribution >= 0.6 is 22.9 Å². The number of likely N-dealkylation sites (N-methyl/N-ethyl adjacent to an activating group) is 1. The van der Waals surface area contributed by atoms with E-state index >= 15 is 0 Å². The molecule has 1 N–H and O–H groups in total. The van der Waals surface area contributed by atoms with Crippen molar-refractivity contribution in [2.75, 3.05) is 34.4 Å². The van der Waals surface area contributed by atoms with E-state index in [1.807, 2.05) is 19.0 Å². The van der Waals surface area contributed by atoms with Crippen molar-refractivity contribution in [1.82, 2.24) is 9.88 Å². The molecule has 130 valence electrons. The fourth-order valence-electron chi connectivity index (χ4n) is 1.99. The molecule has 0 aliphatic heterocycles. The fraction of sp³-hybridized carbons (Fsp3) is 0.375. The molecule has 0 aliphatic rings. The van der Waals surface area contributed by atoms with Gasteiger partial charge in [0.1, 0.15) is 11.6 Å². The third-order valence-corrected chi connectivity index (χ3v) is 4.37. The molecule has 0 unspecified atom stereocenters. The van der Waals surface area contributed by atoms with Gasteiger partial charge in [0, 0.05) is 17.5 Å². The summed E-state index contributed by atoms with van der Waals surface area (Å²) < 4.78 is 11.1. The first-order chi connectivity index (χ1) is 11.4. The number of hydrogen-bond donors (Lipinski definition) is 1. The lowest BCUT2D eigenvalue weighted by molar-refractivity contribution is -0.136. The maximum Gasteiger partial charge on any atom is 0.309 e. The van der Waals surface area contributed by atoms with Gasteiger partial charge in [-0.05, 0) is 26.2 Å². The van der Waals surface area contributed by atoms with Crippen LogP contribution < -0.4 is 9.47 Å². The summed E-state index contributed by atoms with van der Waals surface area (Å²) >= 11 is 7.70. The van der Waals surface area contributed by atoms with Crippen molar-refractivity contribution in [3.05, 3.63) is 28.2 Å². The third kappa shape index (κ3) is 4.83. The number of thiazole rings is 1. The molecule has 8 heteroatoms. The maximum absolute atomic E-state index is 10.8. The lowest BCUT2D eigenvalue weighted by Crippen LogP contribution is -2.19. The third-order valence-electron chi connectivity index (χ3n) is 3.15. The number of nitrogens with zero attached hydrogens (tertiary/aromatic N) is 2. The molecule has 0 saturated heterocycles. The van der Waals surface area contributed by atoms with Gasteiger partial charge in [0.2, 0.25) is 0 Å². The van der Waals surface area contributed by atoms with E-state index in [-0.39, 0.29) is 6.42 Å². The topological polar surface area (TPSA) is 71.9 Å². The van der Waals surface area contributed by atoms with Crippen LogP contribution in [-0.2, 0) is 11.2 Å². The highest BCUT2D eigenvalue weighted by atomic mass is 35.5. The van der Waals surface area contributed by atoms with Gasteiger partial charge in [0.05, 0.1) is 24.2 Å². The van der Waals surface area contributed by atoms with E-state index in [9.17, 15) is 4.79 Å². The predicted octanol–water partition coefficient (Wildman–Crippen LogP) is 3.04. The molecule has 0 saturated carbocycles. The Bertz CT molecular complexity index is 718. The second-order valence-corrected chi connectivity index (χ2v) is 6.62. The minimum absolute atomic E-state index is 0.104. The molecule has 0 radical (unpaired) electrons. The number of halogens is 1. The molecule has 0 amide bonds. The van der Waals surface area contributed by atoms with Gasteiger partial charge in [-0.15, -0.1) is 11.3 Å². The summed E-state index contributed by atoms with van der Waals surface area (Å²) in [5.41, 5.74) is 1.28. The average molecular weight is 371 g/mol. The van der Waals surface area contributed by atoms with Crippen LogP contribution in [0.4, 0.5) is 0 Å². The van der Waals surface area contributed by atoms with E-state index in [2.05, 4.69) is 4.98 Å². The van der Waals surface area contributed by atoms with Crippen molar-refractivity contribution in [3.63, 3.8) is 0 Å². The first kappa shape index (κ1) is 18.5. The number of methoxy groups -OCH3 is 1. The lowest BCUT2D eigenvalue weighted by Gasteiger charge is -2.15. The van der Waals surface area contributed by atoms with Crippen LogP contribution in [0.3, 0.4) is 0 Å². The molecule has 1 aromatic carbocycles. The van der Waals surface area contributed by atoms with E-state index in [4.69, 9.17) is 26.2 Å². The minimum Gasteiger partial charge on any atom is -0.493 e. The Balaban J connectivity index is 2.24. The van der Waals surface area contributed by atoms with Crippen LogP contribution in [0, 0.1) is 0 Å². The number of ether oxygens (including phenoxy) is 2. The number of aromatic nitrogens is 1. The Hall–Kier alpha value is -1.83. The molecule has 0 fully saturated rings. The van der Waals surface area contributed by atoms with E-state index < -0.39 is 5.97 Å². The van der Waals surface area contributed by atoms with Gasteiger partial charge in [-0.3, -0.25) is 4.79 Å². The van der Waals surface area contributed by atoms with Crippen LogP contribution in [0.5, 0.6) is 11.5 Å². The summed E-state index contributed by atoms with van der Waals surface area (Å²) in [5, 5.41) is 11.7. The first-order valence-electron chi connectivity index (χ1n) is 7.22. The van der Waals surface area contributed by atoms with Gasteiger partial charge < -0.3 is 19.5 Å². The second kappa shape index (κ2) is 8.32. The summed E-state index contributed by atoms with van der Waals surface area (Å²) in [4.78, 5) is 17.1. The molecule has 1 aromatic heterocycles. The normalized spacial score (nSPS) is 10.9. The van der Waals surface area contributed by atoms with Crippen LogP contribution in [0.2, 0.25) is 5.02 Å². The molecule has 2 aromatic rings. The van der Waals surface area contributed by atoms with Gasteiger partial charge in [-0.1, -0.05) is 11.6 Å². The molecule has 0 bridgehead atoms. The van der Waals surface area contributed by atoms with E-state index in [0.717, 1.165) is 12.1 Å². The first-order valence-corrected chi connectivity index (χ1v) is 8.48. The number of carbonyl (C=O) groups is 1. The molecule has 24 heavy (non-hydrogen) atoms. The number of benzene rings is 1. The van der Waals surface area contributed by atoms with Gasteiger partial charge >= 0.3 is 5.97 Å². The van der Waals surface area contributed by atoms with E-state index in [1.165, 1.54) is 11.3 Å². The van der Waals surface area contributed by atoms with E-state index in [1.54, 1.807) is 24.6 Å². The summed E-state index contributed by atoms with van der Waals surface area (Å²) in [6, 6.07) is 3.54. The second-order valence-electron chi connectivity index (χ2n) is 5.36. The maximum atomic E-state index is 10.8. The van der Waals surface area contributed by atoms with Gasteiger partial charge in [0.25, 0.3) is 0 Å². The largest absolute Gasteiger partial charge is 0.493 e. The highest BCUT2D eigenvalue weighted by Gasteiger charge is 2.15. The monoisotopic (exact) mass is 370 g/mol. The zero-order valence-electron chi connectivity index (χ0n) is 13.7. The van der Waals surface area contributed by atoms with Crippen molar-refractivity contribution in [1.29, 1.82) is 0 Å². The van der Waals surface area contributed by atoms with Crippen LogP contribution in [0.1, 0.15) is 5.69 Å². The van der Waals surface area contributed by atoms with Gasteiger partial charge in [-0.25, -0.2) is 4.98 Å². The van der Waals surface area contributed by atoms with Crippen molar-refractivity contribution >= 4 is 28.9 Å². The number of aliphatic carboxylic acids is 1. The highest BCUT2D eigenvalue weighted by Crippen LogP contribution is 2.40. The van der Waals surface area contributed by atoms with E-state index in [0.29, 0.717) is 33.8 Å². The number of carboxylic acid groups (broad SMARTS) is 1. The molecule has 0 atom stereocenters. The zero-order chi connectivity index (χ0) is 17.7. The van der Waals surface area contributed by atoms with Crippen LogP contribution in [0.25, 0.3) is 10.6 Å². The Labute approximate surface area is 149 Å². The molecule has 0 aliphatic carbocycles. The van der Waals surface area contributed by atoms with Crippen molar-refractivity contribution in [2.45, 2.75) is 6.42 Å². The van der Waals surface area contributed by atoms with Crippen LogP contribution in [-0.4, -0.2) is 55.3 Å². The summed E-state index contributed by atoms with van der Waals surface area (Å²) in [5.74, 6) is 0.102. The highest BCUT2D eigenvalue weighted by molar-refractivity contribution is 7.13. The average Bonchev–Trinajstić information content (AvgIpc) is 2.95. The van der Waals surface area contributed by atoms with Gasteiger partial charge in [-0.2, -0.15) is 0 Å². The van der Waals surface area contributed by atoms with Crippen molar-refractivity contribution < 1.29 is 19.4 Å². The zero-order valence-corrected chi connectivity index (χ0v) is 15.3. The van der Waals surface area contributed by atoms with Crippen molar-refractivity contribution in [3.8, 4) is 22.1 Å². The molecular formula is C16H19ClN2O4S. The smallest absolute Gasteiger partial charge is 0.309 e. The molecule has 1 heterocycles. The summed E-state index contributed by atoms with van der Waals surface area (Å²) in [7, 11) is 5.47. The molecule has 2 rings (SSSR count). The lowest BCUT2D eigenvalue weighted by atomic mass is 10.2. The minimum atomic E-state index is -0.910. The Morgan fingerprint density at radius 3 is 2.79 bits per heavy atom. The SMILES string of the molecule is COc1cc(-c2nc(CC(=O)O)cs2)cc(Cl)c1OCCN(C)C. The Morgan fingerprint density at radius 1 is 1.42 bits per heavy atom. The summed E-state index contributed by atoms with van der Waals surface area (Å²) in [6.07, 6.45) is -0.104. The predicted molar refractivity (Wildman–Crippen MR) is 94.5 cm³/mol. The Kier molecular flexibility index (Phi) is 6.42. The molecular weight excluding hydrogens is 352 g/mol. The standard InChI is InChI=1S/C16H19ClN2O4S/c1-19(2)4-5-23-15-12(17)6-10(7-13(15)22-3)16-18-11(9-24-16)8-14(20)21/h6-7,9H,4-5,8H2,1-3H3,(H,20,21). The Morgan fingerprint density at radius 2 is 2.17 bits per heavy atom. The van der Waals surface area contributed by atoms with Gasteiger partial charge in [0.15, 0.2) is 11.5 Å². The summed E-state index contributed by atoms with van der Waals surface area (Å²) in [6.45, 7) is 1.24. The fourth-order valence-corrected chi connectivity index (χ4v) is 3.06. The number of carboxylic acids is 1.